The zero-order chi connectivity index (χ0) is 12.3. The molecule has 0 bridgehead atoms. The number of likely N-dealkylation sites (tertiary alicyclic amines) is 1. The van der Waals surface area contributed by atoms with Gasteiger partial charge >= 0.3 is 0 Å². The zero-order valence-corrected chi connectivity index (χ0v) is 10.2. The summed E-state index contributed by atoms with van der Waals surface area (Å²) in [6, 6.07) is 3.72. The molecule has 1 aliphatic rings. The Bertz CT molecular complexity index is 378. The van der Waals surface area contributed by atoms with E-state index in [9.17, 15) is 4.79 Å². The van der Waals surface area contributed by atoms with Gasteiger partial charge in [-0.05, 0) is 38.3 Å². The molecule has 2 atom stereocenters. The van der Waals surface area contributed by atoms with Crippen molar-refractivity contribution in [2.24, 2.45) is 5.73 Å². The number of hydrogen-bond donors (Lipinski definition) is 1. The van der Waals surface area contributed by atoms with E-state index in [2.05, 4.69) is 4.98 Å². The van der Waals surface area contributed by atoms with Gasteiger partial charge in [0.25, 0.3) is 5.91 Å². The summed E-state index contributed by atoms with van der Waals surface area (Å²) in [5, 5.41) is 0. The lowest BCUT2D eigenvalue weighted by Crippen LogP contribution is -2.51. The van der Waals surface area contributed by atoms with Crippen LogP contribution in [0.1, 0.15) is 36.5 Å². The van der Waals surface area contributed by atoms with E-state index in [-0.39, 0.29) is 18.0 Å². The first-order valence-corrected chi connectivity index (χ1v) is 6.16. The summed E-state index contributed by atoms with van der Waals surface area (Å²) < 4.78 is 0. The number of carbonyl (C=O) groups excluding carboxylic acids is 1. The van der Waals surface area contributed by atoms with E-state index in [1.807, 2.05) is 11.8 Å². The van der Waals surface area contributed by atoms with Crippen LogP contribution in [0.15, 0.2) is 24.5 Å². The largest absolute Gasteiger partial charge is 0.334 e. The van der Waals surface area contributed by atoms with E-state index in [0.29, 0.717) is 5.56 Å². The number of aromatic nitrogens is 1. The molecule has 2 rings (SSSR count). The molecule has 4 nitrogen and oxygen atoms in total. The van der Waals surface area contributed by atoms with Gasteiger partial charge in [-0.25, -0.2) is 0 Å². The highest BCUT2D eigenvalue weighted by atomic mass is 16.2. The number of carbonyl (C=O) groups is 1. The van der Waals surface area contributed by atoms with E-state index >= 15 is 0 Å². The molecule has 0 aliphatic carbocycles. The summed E-state index contributed by atoms with van der Waals surface area (Å²) in [7, 11) is 0. The van der Waals surface area contributed by atoms with Gasteiger partial charge < -0.3 is 10.6 Å². The summed E-state index contributed by atoms with van der Waals surface area (Å²) in [6.07, 6.45) is 6.54. The number of nitrogens with two attached hydrogens (primary N) is 1. The number of rotatable bonds is 2. The minimum Gasteiger partial charge on any atom is -0.334 e. The molecule has 0 spiro atoms. The molecule has 1 aromatic heterocycles. The highest BCUT2D eigenvalue weighted by Gasteiger charge is 2.29. The van der Waals surface area contributed by atoms with E-state index in [4.69, 9.17) is 5.73 Å². The van der Waals surface area contributed by atoms with E-state index in [1.165, 1.54) is 0 Å². The van der Waals surface area contributed by atoms with Crippen LogP contribution in [-0.4, -0.2) is 34.4 Å². The van der Waals surface area contributed by atoms with Crippen LogP contribution in [0.25, 0.3) is 0 Å². The molecular formula is C13H19N3O. The van der Waals surface area contributed by atoms with Gasteiger partial charge in [0.1, 0.15) is 0 Å². The maximum absolute atomic E-state index is 12.4. The maximum Gasteiger partial charge on any atom is 0.254 e. The van der Waals surface area contributed by atoms with Gasteiger partial charge in [-0.1, -0.05) is 0 Å². The number of amides is 1. The fraction of sp³-hybridized carbons (Fsp3) is 0.538. The summed E-state index contributed by atoms with van der Waals surface area (Å²) in [5.74, 6) is 0.0781. The van der Waals surface area contributed by atoms with Crippen LogP contribution >= 0.6 is 0 Å². The van der Waals surface area contributed by atoms with Crippen molar-refractivity contribution in [3.63, 3.8) is 0 Å². The van der Waals surface area contributed by atoms with Gasteiger partial charge in [-0.3, -0.25) is 9.78 Å². The van der Waals surface area contributed by atoms with Gasteiger partial charge in [0.2, 0.25) is 0 Å². The minimum absolute atomic E-state index is 0.0288. The van der Waals surface area contributed by atoms with E-state index in [1.54, 1.807) is 24.5 Å². The summed E-state index contributed by atoms with van der Waals surface area (Å²) in [6.45, 7) is 2.79. The SMILES string of the molecule is C[C@H](N)[C@H]1CCCCN1C(=O)c1ccncc1. The summed E-state index contributed by atoms with van der Waals surface area (Å²) in [4.78, 5) is 18.2. The van der Waals surface area contributed by atoms with Crippen molar-refractivity contribution in [2.75, 3.05) is 6.54 Å². The molecule has 1 aliphatic heterocycles. The molecule has 1 amide bonds. The van der Waals surface area contributed by atoms with Crippen LogP contribution in [0.3, 0.4) is 0 Å². The predicted molar refractivity (Wildman–Crippen MR) is 66.6 cm³/mol. The Morgan fingerprint density at radius 1 is 1.47 bits per heavy atom. The first kappa shape index (κ1) is 12.0. The average Bonchev–Trinajstić information content (AvgIpc) is 2.39. The Kier molecular flexibility index (Phi) is 3.74. The molecule has 2 N–H and O–H groups in total. The van der Waals surface area contributed by atoms with Crippen molar-refractivity contribution in [3.05, 3.63) is 30.1 Å². The normalized spacial score (nSPS) is 22.2. The first-order valence-electron chi connectivity index (χ1n) is 6.16. The lowest BCUT2D eigenvalue weighted by molar-refractivity contribution is 0.0583. The van der Waals surface area contributed by atoms with Crippen LogP contribution in [0, 0.1) is 0 Å². The lowest BCUT2D eigenvalue weighted by Gasteiger charge is -2.38. The second-order valence-electron chi connectivity index (χ2n) is 4.66. The molecule has 0 unspecified atom stereocenters. The Hall–Kier alpha value is -1.42. The third-order valence-corrected chi connectivity index (χ3v) is 3.34. The van der Waals surface area contributed by atoms with Gasteiger partial charge in [0.15, 0.2) is 0 Å². The number of hydrogen-bond acceptors (Lipinski definition) is 3. The Balaban J connectivity index is 2.17. The lowest BCUT2D eigenvalue weighted by atomic mass is 9.96. The summed E-state index contributed by atoms with van der Waals surface area (Å²) in [5.41, 5.74) is 6.67. The van der Waals surface area contributed by atoms with Crippen molar-refractivity contribution in [3.8, 4) is 0 Å². The van der Waals surface area contributed by atoms with Crippen LogP contribution in [0.4, 0.5) is 0 Å². The van der Waals surface area contributed by atoms with Crippen molar-refractivity contribution in [1.29, 1.82) is 0 Å². The fourth-order valence-corrected chi connectivity index (χ4v) is 2.42. The first-order chi connectivity index (χ1) is 8.20. The third kappa shape index (κ3) is 2.64. The maximum atomic E-state index is 12.4. The van der Waals surface area contributed by atoms with Crippen molar-refractivity contribution in [1.82, 2.24) is 9.88 Å². The smallest absolute Gasteiger partial charge is 0.254 e. The van der Waals surface area contributed by atoms with Crippen molar-refractivity contribution in [2.45, 2.75) is 38.3 Å². The second kappa shape index (κ2) is 5.27. The van der Waals surface area contributed by atoms with Crippen molar-refractivity contribution >= 4 is 5.91 Å². The Morgan fingerprint density at radius 3 is 2.82 bits per heavy atom. The van der Waals surface area contributed by atoms with Crippen LogP contribution < -0.4 is 5.73 Å². The molecule has 0 saturated carbocycles. The molecule has 0 aromatic carbocycles. The van der Waals surface area contributed by atoms with Crippen LogP contribution in [-0.2, 0) is 0 Å². The van der Waals surface area contributed by atoms with Gasteiger partial charge in [-0.15, -0.1) is 0 Å². The second-order valence-corrected chi connectivity index (χ2v) is 4.66. The molecule has 4 heteroatoms. The van der Waals surface area contributed by atoms with Crippen LogP contribution in [0.2, 0.25) is 0 Å². The molecule has 2 heterocycles. The van der Waals surface area contributed by atoms with E-state index < -0.39 is 0 Å². The summed E-state index contributed by atoms with van der Waals surface area (Å²) >= 11 is 0. The highest BCUT2D eigenvalue weighted by Crippen LogP contribution is 2.21. The minimum atomic E-state index is 0.0288. The standard InChI is InChI=1S/C13H19N3O/c1-10(14)12-4-2-3-9-16(12)13(17)11-5-7-15-8-6-11/h5-8,10,12H,2-4,9,14H2,1H3/t10-,12+/m0/s1. The van der Waals surface area contributed by atoms with Crippen molar-refractivity contribution < 1.29 is 4.79 Å². The average molecular weight is 233 g/mol. The molecule has 1 fully saturated rings. The fourth-order valence-electron chi connectivity index (χ4n) is 2.42. The monoisotopic (exact) mass is 233 g/mol. The Morgan fingerprint density at radius 2 is 2.18 bits per heavy atom. The molecular weight excluding hydrogens is 214 g/mol. The molecule has 17 heavy (non-hydrogen) atoms. The predicted octanol–water partition coefficient (Wildman–Crippen LogP) is 1.42. The molecule has 1 saturated heterocycles. The Labute approximate surface area is 102 Å². The van der Waals surface area contributed by atoms with Gasteiger partial charge in [0.05, 0.1) is 0 Å². The third-order valence-electron chi connectivity index (χ3n) is 3.34. The van der Waals surface area contributed by atoms with Gasteiger partial charge in [-0.2, -0.15) is 0 Å². The number of piperidine rings is 1. The quantitative estimate of drug-likeness (QED) is 0.840. The van der Waals surface area contributed by atoms with Gasteiger partial charge in [0, 0.05) is 36.6 Å². The number of nitrogens with zero attached hydrogens (tertiary/aromatic N) is 2. The van der Waals surface area contributed by atoms with Crippen LogP contribution in [0.5, 0.6) is 0 Å². The molecule has 1 aromatic rings. The highest BCUT2D eigenvalue weighted by molar-refractivity contribution is 5.94. The topological polar surface area (TPSA) is 59.2 Å². The molecule has 92 valence electrons. The van der Waals surface area contributed by atoms with E-state index in [0.717, 1.165) is 25.8 Å². The molecule has 0 radical (unpaired) electrons. The number of pyridine rings is 1. The zero-order valence-electron chi connectivity index (χ0n) is 10.2.